The summed E-state index contributed by atoms with van der Waals surface area (Å²) in [7, 11) is 3.38. The maximum absolute atomic E-state index is 13.9. The number of amides is 2. The molecule has 1 rings (SSSR count). The fraction of sp³-hybridized carbons (Fsp3) is 0.694. The molecule has 1 aromatic rings. The minimum atomic E-state index is -1.04. The summed E-state index contributed by atoms with van der Waals surface area (Å²) in [5.41, 5.74) is -0.194. The van der Waals surface area contributed by atoms with E-state index < -0.39 is 34.9 Å². The highest BCUT2D eigenvalue weighted by molar-refractivity contribution is 7.98. The first kappa shape index (κ1) is 43.4. The normalized spacial score (nSPS) is 14.4. The molecular weight excluding hydrogens is 634 g/mol. The van der Waals surface area contributed by atoms with Crippen molar-refractivity contribution >= 4 is 29.5 Å². The van der Waals surface area contributed by atoms with Crippen LogP contribution in [0.4, 0.5) is 0 Å². The highest BCUT2D eigenvalue weighted by Crippen LogP contribution is 2.30. The molecule has 0 radical (unpaired) electrons. The number of nitrogens with zero attached hydrogens (tertiary/aromatic N) is 1. The van der Waals surface area contributed by atoms with Gasteiger partial charge in [0.15, 0.2) is 0 Å². The van der Waals surface area contributed by atoms with E-state index in [2.05, 4.69) is 10.6 Å². The van der Waals surface area contributed by atoms with E-state index in [1.807, 2.05) is 79.0 Å². The van der Waals surface area contributed by atoms with E-state index in [0.717, 1.165) is 17.9 Å². The molecule has 0 aliphatic carbocycles. The molecule has 48 heavy (non-hydrogen) atoms. The van der Waals surface area contributed by atoms with Crippen LogP contribution in [0, 0.1) is 11.3 Å². The summed E-state index contributed by atoms with van der Waals surface area (Å²) >= 11 is 1.75. The number of carbonyl (C=O) groups is 3. The molecule has 11 nitrogen and oxygen atoms in total. The van der Waals surface area contributed by atoms with Crippen LogP contribution in [-0.2, 0) is 34.0 Å². The molecule has 0 saturated heterocycles. The first-order valence-corrected chi connectivity index (χ1v) is 18.0. The third-order valence-electron chi connectivity index (χ3n) is 8.18. The maximum Gasteiger partial charge on any atom is 0.331 e. The number of thioether (sulfide) groups is 1. The van der Waals surface area contributed by atoms with Gasteiger partial charge >= 0.3 is 5.97 Å². The number of rotatable bonds is 23. The number of likely N-dealkylation sites (N-methyl/N-ethyl adjacent to an activating group) is 2. The summed E-state index contributed by atoms with van der Waals surface area (Å²) < 4.78 is 22.4. The zero-order valence-corrected chi connectivity index (χ0v) is 31.8. The summed E-state index contributed by atoms with van der Waals surface area (Å²) in [6.07, 6.45) is 3.64. The Labute approximate surface area is 292 Å². The van der Waals surface area contributed by atoms with Gasteiger partial charge in [0.1, 0.15) is 18.4 Å². The van der Waals surface area contributed by atoms with Gasteiger partial charge in [-0.1, -0.05) is 66.7 Å². The van der Waals surface area contributed by atoms with Crippen LogP contribution in [0.5, 0.6) is 5.75 Å². The topological polar surface area (TPSA) is 136 Å². The molecule has 0 aliphatic rings. The van der Waals surface area contributed by atoms with Crippen LogP contribution < -0.4 is 15.4 Å². The molecule has 3 N–H and O–H groups in total. The van der Waals surface area contributed by atoms with Crippen molar-refractivity contribution in [3.8, 4) is 5.75 Å². The minimum Gasteiger partial charge on any atom is -0.491 e. The number of carboxylic acid groups (broad SMARTS) is 1. The number of aliphatic carboxylic acids is 1. The van der Waals surface area contributed by atoms with Crippen LogP contribution >= 0.6 is 11.8 Å². The van der Waals surface area contributed by atoms with Crippen LogP contribution in [0.25, 0.3) is 0 Å². The van der Waals surface area contributed by atoms with E-state index in [4.69, 9.17) is 18.9 Å². The van der Waals surface area contributed by atoms with Crippen LogP contribution in [0.1, 0.15) is 61.0 Å². The summed E-state index contributed by atoms with van der Waals surface area (Å²) in [5.74, 6) is -0.0119. The van der Waals surface area contributed by atoms with E-state index >= 15 is 0 Å². The average Bonchev–Trinajstić information content (AvgIpc) is 3.01. The summed E-state index contributed by atoms with van der Waals surface area (Å²) in [6, 6.07) is 5.64. The maximum atomic E-state index is 13.9. The standard InChI is InChI=1S/C36H61N3O8S/c1-25(2)29(24-26(3)34(42)43)39(10)33(41)31(35(4,5)6)38-32(40)30(37-9)36(7,8)27-12-14-28(15-13-27)47-21-20-45-17-16-44-18-19-46-22-23-48-11/h12-15,24-25,29-31,37H,16-23H2,1-11H3,(H,38,40)(H,42,43)/b26-24+/t29-,30-,31-/m1/s1. The van der Waals surface area contributed by atoms with Gasteiger partial charge in [-0.3, -0.25) is 9.59 Å². The Kier molecular flexibility index (Phi) is 19.4. The van der Waals surface area contributed by atoms with Crippen LogP contribution in [0.15, 0.2) is 35.9 Å². The molecule has 1 aromatic carbocycles. The molecule has 0 heterocycles. The van der Waals surface area contributed by atoms with Gasteiger partial charge < -0.3 is 39.6 Å². The molecule has 0 aliphatic heterocycles. The lowest BCUT2D eigenvalue weighted by Gasteiger charge is -2.40. The minimum absolute atomic E-state index is 0.0438. The summed E-state index contributed by atoms with van der Waals surface area (Å²) in [5, 5.41) is 15.6. The van der Waals surface area contributed by atoms with Crippen molar-refractivity contribution in [2.24, 2.45) is 11.3 Å². The Hall–Kier alpha value is -2.64. The highest BCUT2D eigenvalue weighted by atomic mass is 32.2. The lowest BCUT2D eigenvalue weighted by Crippen LogP contribution is -2.61. The van der Waals surface area contributed by atoms with Crippen molar-refractivity contribution in [1.29, 1.82) is 0 Å². The Morgan fingerprint density at radius 1 is 0.896 bits per heavy atom. The van der Waals surface area contributed by atoms with Gasteiger partial charge in [-0.2, -0.15) is 11.8 Å². The van der Waals surface area contributed by atoms with Crippen LogP contribution in [-0.4, -0.2) is 118 Å². The molecule has 0 bridgehead atoms. The van der Waals surface area contributed by atoms with Crippen molar-refractivity contribution in [2.45, 2.75) is 78.9 Å². The van der Waals surface area contributed by atoms with Gasteiger partial charge in [0.05, 0.1) is 51.7 Å². The lowest BCUT2D eigenvalue weighted by molar-refractivity contribution is -0.141. The number of carbonyl (C=O) groups excluding carboxylic acids is 2. The van der Waals surface area contributed by atoms with Crippen molar-refractivity contribution in [3.05, 3.63) is 41.5 Å². The third kappa shape index (κ3) is 14.5. The van der Waals surface area contributed by atoms with E-state index in [9.17, 15) is 19.5 Å². The van der Waals surface area contributed by atoms with Crippen molar-refractivity contribution in [1.82, 2.24) is 15.5 Å². The van der Waals surface area contributed by atoms with Crippen molar-refractivity contribution in [3.63, 3.8) is 0 Å². The second kappa shape index (κ2) is 21.4. The van der Waals surface area contributed by atoms with Crippen molar-refractivity contribution in [2.75, 3.05) is 72.4 Å². The van der Waals surface area contributed by atoms with Gasteiger partial charge in [0, 0.05) is 23.8 Å². The molecular formula is C36H61N3O8S. The number of nitrogens with one attached hydrogen (secondary N) is 2. The number of benzene rings is 1. The average molecular weight is 696 g/mol. The quantitative estimate of drug-likeness (QED) is 0.112. The van der Waals surface area contributed by atoms with E-state index in [1.165, 1.54) is 11.8 Å². The number of hydrogen-bond donors (Lipinski definition) is 3. The van der Waals surface area contributed by atoms with Gasteiger partial charge in [-0.05, 0) is 49.3 Å². The summed E-state index contributed by atoms with van der Waals surface area (Å²) in [6.45, 7) is 18.7. The molecule has 12 heteroatoms. The molecule has 0 unspecified atom stereocenters. The number of carboxylic acids is 1. The van der Waals surface area contributed by atoms with Crippen molar-refractivity contribution < 1.29 is 38.4 Å². The SMILES string of the molecule is CN[C@H](C(=O)N[C@H](C(=O)N(C)[C@H](/C=C(\C)C(=O)O)C(C)C)C(C)(C)C)C(C)(C)c1ccc(OCCOCCOCCOCCSC)cc1. The molecule has 0 saturated carbocycles. The first-order valence-electron chi connectivity index (χ1n) is 16.6. The second-order valence-corrected chi connectivity index (χ2v) is 14.8. The smallest absolute Gasteiger partial charge is 0.331 e. The Morgan fingerprint density at radius 2 is 1.42 bits per heavy atom. The zero-order chi connectivity index (χ0) is 36.5. The Bertz CT molecular complexity index is 1150. The van der Waals surface area contributed by atoms with Crippen LogP contribution in [0.2, 0.25) is 0 Å². The van der Waals surface area contributed by atoms with Gasteiger partial charge in [-0.15, -0.1) is 0 Å². The Morgan fingerprint density at radius 3 is 1.88 bits per heavy atom. The summed E-state index contributed by atoms with van der Waals surface area (Å²) in [4.78, 5) is 40.8. The van der Waals surface area contributed by atoms with E-state index in [1.54, 1.807) is 31.9 Å². The predicted octanol–water partition coefficient (Wildman–Crippen LogP) is 4.39. The van der Waals surface area contributed by atoms with E-state index in [-0.39, 0.29) is 23.3 Å². The first-order chi connectivity index (χ1) is 22.5. The number of ether oxygens (including phenoxy) is 4. The number of hydrogen-bond acceptors (Lipinski definition) is 9. The largest absolute Gasteiger partial charge is 0.491 e. The molecule has 0 aromatic heterocycles. The second-order valence-electron chi connectivity index (χ2n) is 13.8. The molecule has 274 valence electrons. The third-order valence-corrected chi connectivity index (χ3v) is 8.75. The van der Waals surface area contributed by atoms with Gasteiger partial charge in [0.25, 0.3) is 0 Å². The molecule has 0 fully saturated rings. The predicted molar refractivity (Wildman–Crippen MR) is 193 cm³/mol. The van der Waals surface area contributed by atoms with E-state index in [0.29, 0.717) is 45.4 Å². The van der Waals surface area contributed by atoms with Gasteiger partial charge in [-0.25, -0.2) is 4.79 Å². The fourth-order valence-corrected chi connectivity index (χ4v) is 5.46. The van der Waals surface area contributed by atoms with Crippen LogP contribution in [0.3, 0.4) is 0 Å². The molecule has 3 atom stereocenters. The fourth-order valence-electron chi connectivity index (χ4n) is 5.17. The monoisotopic (exact) mass is 695 g/mol. The zero-order valence-electron chi connectivity index (χ0n) is 31.0. The highest BCUT2D eigenvalue weighted by Gasteiger charge is 2.41. The Balaban J connectivity index is 2.84. The lowest BCUT2D eigenvalue weighted by atomic mass is 9.76. The van der Waals surface area contributed by atoms with Gasteiger partial charge in [0.2, 0.25) is 11.8 Å². The molecule has 0 spiro atoms. The molecule has 2 amide bonds.